The second-order valence-corrected chi connectivity index (χ2v) is 5.41. The molecule has 1 N–H and O–H groups in total. The van der Waals surface area contributed by atoms with Crippen molar-refractivity contribution in [2.45, 2.75) is 6.92 Å². The van der Waals surface area contributed by atoms with E-state index >= 15 is 0 Å². The summed E-state index contributed by atoms with van der Waals surface area (Å²) in [7, 11) is 0. The average Bonchev–Trinajstić information content (AvgIpc) is 2.49. The Labute approximate surface area is 130 Å². The Balaban J connectivity index is 1.97. The van der Waals surface area contributed by atoms with Crippen molar-refractivity contribution in [1.82, 2.24) is 9.97 Å². The Morgan fingerprint density at radius 2 is 1.95 bits per heavy atom. The van der Waals surface area contributed by atoms with Gasteiger partial charge in [0.2, 0.25) is 0 Å². The second kappa shape index (κ2) is 5.61. The van der Waals surface area contributed by atoms with Crippen LogP contribution in [0.15, 0.2) is 53.3 Å². The van der Waals surface area contributed by atoms with E-state index in [1.54, 1.807) is 18.3 Å². The summed E-state index contributed by atoms with van der Waals surface area (Å²) in [5, 5.41) is 3.73. The zero-order valence-corrected chi connectivity index (χ0v) is 12.9. The fourth-order valence-corrected chi connectivity index (χ4v) is 2.54. The van der Waals surface area contributed by atoms with E-state index in [1.807, 2.05) is 37.3 Å². The van der Waals surface area contributed by atoms with Gasteiger partial charge < -0.3 is 5.32 Å². The van der Waals surface area contributed by atoms with Gasteiger partial charge in [0.25, 0.3) is 5.91 Å². The highest BCUT2D eigenvalue weighted by molar-refractivity contribution is 9.10. The van der Waals surface area contributed by atoms with Crippen LogP contribution in [0.3, 0.4) is 0 Å². The first-order valence-corrected chi connectivity index (χ1v) is 7.23. The molecular formula is C16H12BrN3O. The monoisotopic (exact) mass is 341 g/mol. The number of anilines is 1. The first kappa shape index (κ1) is 13.7. The lowest BCUT2D eigenvalue weighted by Crippen LogP contribution is -2.13. The van der Waals surface area contributed by atoms with E-state index in [2.05, 4.69) is 31.2 Å². The van der Waals surface area contributed by atoms with Crippen LogP contribution in [0.5, 0.6) is 0 Å². The minimum atomic E-state index is -0.166. The molecule has 21 heavy (non-hydrogen) atoms. The average molecular weight is 342 g/mol. The molecule has 3 aromatic rings. The minimum absolute atomic E-state index is 0.166. The van der Waals surface area contributed by atoms with Gasteiger partial charge in [0, 0.05) is 11.6 Å². The van der Waals surface area contributed by atoms with Crippen LogP contribution < -0.4 is 5.32 Å². The molecule has 0 saturated carbocycles. The number of pyridine rings is 2. The van der Waals surface area contributed by atoms with E-state index < -0.39 is 0 Å². The van der Waals surface area contributed by atoms with Gasteiger partial charge in [-0.1, -0.05) is 18.2 Å². The van der Waals surface area contributed by atoms with Gasteiger partial charge in [-0.15, -0.1) is 0 Å². The Hall–Kier alpha value is -2.27. The summed E-state index contributed by atoms with van der Waals surface area (Å²) >= 11 is 3.31. The molecule has 2 aromatic heterocycles. The van der Waals surface area contributed by atoms with Crippen molar-refractivity contribution in [1.29, 1.82) is 0 Å². The maximum atomic E-state index is 12.5. The molecule has 0 aliphatic rings. The van der Waals surface area contributed by atoms with Gasteiger partial charge in [-0.05, 0) is 47.1 Å². The molecule has 0 saturated heterocycles. The van der Waals surface area contributed by atoms with Crippen LogP contribution in [0.4, 0.5) is 5.69 Å². The van der Waals surface area contributed by atoms with E-state index in [-0.39, 0.29) is 5.91 Å². The lowest BCUT2D eigenvalue weighted by molar-refractivity contribution is 0.102. The molecule has 0 aliphatic carbocycles. The molecular weight excluding hydrogens is 330 g/mol. The van der Waals surface area contributed by atoms with Crippen LogP contribution in [0.25, 0.3) is 10.9 Å². The number of aromatic nitrogens is 2. The third-order valence-corrected chi connectivity index (χ3v) is 3.64. The van der Waals surface area contributed by atoms with Crippen LogP contribution in [0.1, 0.15) is 16.1 Å². The molecule has 2 heterocycles. The predicted octanol–water partition coefficient (Wildman–Crippen LogP) is 3.95. The third-order valence-electron chi connectivity index (χ3n) is 3.19. The van der Waals surface area contributed by atoms with Gasteiger partial charge in [-0.2, -0.15) is 0 Å². The Bertz CT molecular complexity index is 827. The van der Waals surface area contributed by atoms with Gasteiger partial charge in [-0.3, -0.25) is 9.78 Å². The van der Waals surface area contributed by atoms with Crippen molar-refractivity contribution in [3.8, 4) is 0 Å². The van der Waals surface area contributed by atoms with Gasteiger partial charge in [0.15, 0.2) is 0 Å². The zero-order chi connectivity index (χ0) is 14.8. The number of benzene rings is 1. The van der Waals surface area contributed by atoms with Crippen molar-refractivity contribution in [2.75, 3.05) is 5.32 Å². The molecule has 5 heteroatoms. The topological polar surface area (TPSA) is 54.9 Å². The van der Waals surface area contributed by atoms with Crippen molar-refractivity contribution < 1.29 is 4.79 Å². The molecule has 0 aliphatic heterocycles. The molecule has 4 nitrogen and oxygen atoms in total. The quantitative estimate of drug-likeness (QED) is 0.718. The van der Waals surface area contributed by atoms with Crippen molar-refractivity contribution in [3.63, 3.8) is 0 Å². The molecule has 104 valence electrons. The lowest BCUT2D eigenvalue weighted by Gasteiger charge is -2.09. The second-order valence-electron chi connectivity index (χ2n) is 4.60. The molecule has 1 aromatic carbocycles. The molecule has 0 spiro atoms. The van der Waals surface area contributed by atoms with E-state index in [9.17, 15) is 4.79 Å². The van der Waals surface area contributed by atoms with Crippen LogP contribution in [0, 0.1) is 6.92 Å². The molecule has 1 amide bonds. The number of fused-ring (bicyclic) bond motifs is 1. The number of nitrogens with zero attached hydrogens (tertiary/aromatic N) is 2. The number of carbonyl (C=O) groups excluding carboxylic acids is 1. The number of halogens is 1. The predicted molar refractivity (Wildman–Crippen MR) is 86.4 cm³/mol. The summed E-state index contributed by atoms with van der Waals surface area (Å²) in [6, 6.07) is 12.9. The van der Waals surface area contributed by atoms with Crippen molar-refractivity contribution >= 4 is 38.4 Å². The molecule has 0 atom stereocenters. The lowest BCUT2D eigenvalue weighted by atomic mass is 10.1. The molecule has 0 radical (unpaired) electrons. The van der Waals surface area contributed by atoms with Crippen LogP contribution in [-0.2, 0) is 0 Å². The van der Waals surface area contributed by atoms with E-state index in [4.69, 9.17) is 0 Å². The Morgan fingerprint density at radius 3 is 2.76 bits per heavy atom. The summed E-state index contributed by atoms with van der Waals surface area (Å²) < 4.78 is 0.743. The first-order chi connectivity index (χ1) is 10.1. The van der Waals surface area contributed by atoms with Gasteiger partial charge in [0.05, 0.1) is 22.5 Å². The number of rotatable bonds is 2. The summed E-state index contributed by atoms with van der Waals surface area (Å²) in [6.07, 6.45) is 1.64. The number of nitrogens with one attached hydrogen (secondary N) is 1. The number of para-hydroxylation sites is 1. The summed E-state index contributed by atoms with van der Waals surface area (Å²) in [5.74, 6) is -0.166. The molecule has 0 bridgehead atoms. The normalized spacial score (nSPS) is 10.6. The number of aryl methyl sites for hydroxylation is 1. The minimum Gasteiger partial charge on any atom is -0.320 e. The summed E-state index contributed by atoms with van der Waals surface area (Å²) in [5.41, 5.74) is 2.86. The van der Waals surface area contributed by atoms with E-state index in [1.165, 1.54) is 0 Å². The summed E-state index contributed by atoms with van der Waals surface area (Å²) in [4.78, 5) is 21.0. The fraction of sp³-hybridized carbons (Fsp3) is 0.0625. The molecule has 0 fully saturated rings. The zero-order valence-electron chi connectivity index (χ0n) is 11.3. The van der Waals surface area contributed by atoms with Crippen molar-refractivity contribution in [2.24, 2.45) is 0 Å². The highest BCUT2D eigenvalue weighted by Gasteiger charge is 2.12. The largest absolute Gasteiger partial charge is 0.320 e. The van der Waals surface area contributed by atoms with E-state index in [0.29, 0.717) is 11.3 Å². The number of amides is 1. The standard InChI is InChI=1S/C16H12BrN3O/c1-10-13(6-7-15(17)19-10)20-16(21)12-8-9-18-14-5-3-2-4-11(12)14/h2-9H,1H3,(H,20,21). The van der Waals surface area contributed by atoms with Gasteiger partial charge in [-0.25, -0.2) is 4.98 Å². The maximum Gasteiger partial charge on any atom is 0.256 e. The number of carbonyl (C=O) groups is 1. The van der Waals surface area contributed by atoms with Gasteiger partial charge in [0.1, 0.15) is 4.60 Å². The Kier molecular flexibility index (Phi) is 3.66. The van der Waals surface area contributed by atoms with Gasteiger partial charge >= 0.3 is 0 Å². The first-order valence-electron chi connectivity index (χ1n) is 6.43. The van der Waals surface area contributed by atoms with E-state index in [0.717, 1.165) is 21.2 Å². The van der Waals surface area contributed by atoms with Crippen molar-refractivity contribution in [3.05, 3.63) is 64.5 Å². The number of hydrogen-bond donors (Lipinski definition) is 1. The molecule has 0 unspecified atom stereocenters. The Morgan fingerprint density at radius 1 is 1.14 bits per heavy atom. The fourth-order valence-electron chi connectivity index (χ4n) is 2.15. The number of hydrogen-bond acceptors (Lipinski definition) is 3. The van der Waals surface area contributed by atoms with Crippen LogP contribution in [-0.4, -0.2) is 15.9 Å². The highest BCUT2D eigenvalue weighted by atomic mass is 79.9. The van der Waals surface area contributed by atoms with Crippen LogP contribution >= 0.6 is 15.9 Å². The smallest absolute Gasteiger partial charge is 0.256 e. The third kappa shape index (κ3) is 2.78. The summed E-state index contributed by atoms with van der Waals surface area (Å²) in [6.45, 7) is 1.85. The van der Waals surface area contributed by atoms with Crippen LogP contribution in [0.2, 0.25) is 0 Å². The molecule has 3 rings (SSSR count). The SMILES string of the molecule is Cc1nc(Br)ccc1NC(=O)c1ccnc2ccccc12. The highest BCUT2D eigenvalue weighted by Crippen LogP contribution is 2.20. The maximum absolute atomic E-state index is 12.5.